The Morgan fingerprint density at radius 3 is 2.95 bits per heavy atom. The smallest absolute Gasteiger partial charge is 0.144 e. The molecule has 0 atom stereocenters. The number of nitrogens with one attached hydrogen (secondary N) is 2. The van der Waals surface area contributed by atoms with Gasteiger partial charge in [0.05, 0.1) is 12.0 Å². The Kier molecular flexibility index (Phi) is 2.72. The normalized spacial score (nSPS) is 11.3. The average Bonchev–Trinajstić information content (AvgIpc) is 2.73. The van der Waals surface area contributed by atoms with E-state index in [0.29, 0.717) is 23.8 Å². The van der Waals surface area contributed by atoms with E-state index in [1.807, 2.05) is 6.92 Å². The number of aliphatic hydroxyl groups is 1. The minimum atomic E-state index is 0.0259. The molecule has 2 heterocycles. The molecule has 0 saturated carbocycles. The molecule has 3 aromatic rings. The molecule has 0 aliphatic rings. The molecule has 6 heteroatoms. The first kappa shape index (κ1) is 11.7. The van der Waals surface area contributed by atoms with Crippen molar-refractivity contribution in [2.45, 2.75) is 6.92 Å². The van der Waals surface area contributed by atoms with Gasteiger partial charge in [0.1, 0.15) is 23.0 Å². The van der Waals surface area contributed by atoms with Gasteiger partial charge in [-0.15, -0.1) is 0 Å². The molecule has 0 unspecified atom stereocenters. The van der Waals surface area contributed by atoms with E-state index in [1.54, 1.807) is 18.2 Å². The zero-order chi connectivity index (χ0) is 13.4. The van der Waals surface area contributed by atoms with Gasteiger partial charge in [0.15, 0.2) is 0 Å². The lowest BCUT2D eigenvalue weighted by Crippen LogP contribution is -2.08. The minimum Gasteiger partial charge on any atom is -0.508 e. The Morgan fingerprint density at radius 2 is 2.16 bits per heavy atom. The SMILES string of the molecule is Cc1nc(NCCO)c2c(n1)[nH]c1ccc(O)cc12. The van der Waals surface area contributed by atoms with Gasteiger partial charge >= 0.3 is 0 Å². The summed E-state index contributed by atoms with van der Waals surface area (Å²) in [5, 5.41) is 23.3. The van der Waals surface area contributed by atoms with Crippen LogP contribution in [0.4, 0.5) is 5.82 Å². The molecule has 2 aromatic heterocycles. The highest BCUT2D eigenvalue weighted by atomic mass is 16.3. The summed E-state index contributed by atoms with van der Waals surface area (Å²) in [5.41, 5.74) is 1.60. The molecule has 0 spiro atoms. The number of phenolic OH excluding ortho intramolecular Hbond substituents is 1. The number of anilines is 1. The molecule has 98 valence electrons. The number of benzene rings is 1. The summed E-state index contributed by atoms with van der Waals surface area (Å²) in [7, 11) is 0. The highest BCUT2D eigenvalue weighted by Gasteiger charge is 2.12. The lowest BCUT2D eigenvalue weighted by Gasteiger charge is -2.06. The third-order valence-electron chi connectivity index (χ3n) is 2.95. The number of aromatic nitrogens is 3. The molecule has 4 N–H and O–H groups in total. The zero-order valence-corrected chi connectivity index (χ0v) is 10.4. The first-order chi connectivity index (χ1) is 9.19. The standard InChI is InChI=1S/C13H14N4O2/c1-7-15-12(14-4-5-18)11-9-6-8(19)2-3-10(9)17-13(11)16-7/h2-3,6,18-19H,4-5H2,1H3,(H2,14,15,16,17). The molecule has 6 nitrogen and oxygen atoms in total. The van der Waals surface area contributed by atoms with Crippen molar-refractivity contribution in [3.05, 3.63) is 24.0 Å². The van der Waals surface area contributed by atoms with Gasteiger partial charge in [-0.2, -0.15) is 0 Å². The van der Waals surface area contributed by atoms with Crippen LogP contribution in [-0.4, -0.2) is 38.3 Å². The lowest BCUT2D eigenvalue weighted by atomic mass is 10.2. The molecule has 0 radical (unpaired) electrons. The van der Waals surface area contributed by atoms with Crippen molar-refractivity contribution >= 4 is 27.8 Å². The largest absolute Gasteiger partial charge is 0.508 e. The summed E-state index contributed by atoms with van der Waals surface area (Å²) in [4.78, 5) is 11.9. The van der Waals surface area contributed by atoms with E-state index in [2.05, 4.69) is 20.3 Å². The Hall–Kier alpha value is -2.34. The lowest BCUT2D eigenvalue weighted by molar-refractivity contribution is 0.311. The van der Waals surface area contributed by atoms with Crippen LogP contribution in [0.15, 0.2) is 18.2 Å². The summed E-state index contributed by atoms with van der Waals surface area (Å²) >= 11 is 0. The topological polar surface area (TPSA) is 94.1 Å². The second kappa shape index (κ2) is 4.40. The second-order valence-electron chi connectivity index (χ2n) is 4.35. The zero-order valence-electron chi connectivity index (χ0n) is 10.4. The van der Waals surface area contributed by atoms with Gasteiger partial charge in [-0.25, -0.2) is 9.97 Å². The highest BCUT2D eigenvalue weighted by Crippen LogP contribution is 2.31. The summed E-state index contributed by atoms with van der Waals surface area (Å²) in [6.07, 6.45) is 0. The monoisotopic (exact) mass is 258 g/mol. The van der Waals surface area contributed by atoms with Crippen molar-refractivity contribution < 1.29 is 10.2 Å². The van der Waals surface area contributed by atoms with Crippen molar-refractivity contribution in [1.82, 2.24) is 15.0 Å². The molecule has 1 aromatic carbocycles. The Morgan fingerprint density at radius 1 is 1.32 bits per heavy atom. The fourth-order valence-electron chi connectivity index (χ4n) is 2.20. The van der Waals surface area contributed by atoms with Gasteiger partial charge in [-0.1, -0.05) is 0 Å². The number of fused-ring (bicyclic) bond motifs is 3. The number of aliphatic hydroxyl groups excluding tert-OH is 1. The van der Waals surface area contributed by atoms with Crippen LogP contribution < -0.4 is 5.32 Å². The van der Waals surface area contributed by atoms with E-state index in [9.17, 15) is 5.11 Å². The van der Waals surface area contributed by atoms with Gasteiger partial charge in [-0.3, -0.25) is 0 Å². The summed E-state index contributed by atoms with van der Waals surface area (Å²) in [6.45, 7) is 2.25. The fraction of sp³-hybridized carbons (Fsp3) is 0.231. The highest BCUT2D eigenvalue weighted by molar-refractivity contribution is 6.11. The Labute approximate surface area is 109 Å². The number of aryl methyl sites for hydroxylation is 1. The summed E-state index contributed by atoms with van der Waals surface area (Å²) < 4.78 is 0. The molecular formula is C13H14N4O2. The van der Waals surface area contributed by atoms with Gasteiger partial charge in [-0.05, 0) is 25.1 Å². The second-order valence-corrected chi connectivity index (χ2v) is 4.35. The quantitative estimate of drug-likeness (QED) is 0.571. The van der Waals surface area contributed by atoms with Crippen LogP contribution >= 0.6 is 0 Å². The molecule has 0 aliphatic heterocycles. The third-order valence-corrected chi connectivity index (χ3v) is 2.95. The number of H-pyrrole nitrogens is 1. The van der Waals surface area contributed by atoms with E-state index in [-0.39, 0.29) is 12.4 Å². The number of aromatic hydroxyl groups is 1. The number of nitrogens with zero attached hydrogens (tertiary/aromatic N) is 2. The van der Waals surface area contributed by atoms with Gasteiger partial charge in [0, 0.05) is 17.4 Å². The molecule has 0 amide bonds. The number of aromatic amines is 1. The van der Waals surface area contributed by atoms with Crippen LogP contribution in [0.5, 0.6) is 5.75 Å². The van der Waals surface area contributed by atoms with Crippen LogP contribution in [0.1, 0.15) is 5.82 Å². The first-order valence-electron chi connectivity index (χ1n) is 6.03. The molecule has 0 saturated heterocycles. The minimum absolute atomic E-state index is 0.0259. The maximum atomic E-state index is 9.61. The number of rotatable bonds is 3. The Bertz CT molecular complexity index is 751. The number of phenols is 1. The fourth-order valence-corrected chi connectivity index (χ4v) is 2.20. The number of hydrogen-bond acceptors (Lipinski definition) is 5. The van der Waals surface area contributed by atoms with Crippen molar-refractivity contribution in [2.24, 2.45) is 0 Å². The van der Waals surface area contributed by atoms with Gasteiger partial charge in [0.25, 0.3) is 0 Å². The van der Waals surface area contributed by atoms with Crippen LogP contribution in [0.25, 0.3) is 21.9 Å². The maximum Gasteiger partial charge on any atom is 0.144 e. The van der Waals surface area contributed by atoms with Gasteiger partial charge < -0.3 is 20.5 Å². The average molecular weight is 258 g/mol. The van der Waals surface area contributed by atoms with E-state index in [0.717, 1.165) is 16.3 Å². The third kappa shape index (κ3) is 1.96. The molecule has 0 bridgehead atoms. The van der Waals surface area contributed by atoms with Crippen LogP contribution in [0.3, 0.4) is 0 Å². The summed E-state index contributed by atoms with van der Waals surface area (Å²) in [6, 6.07) is 5.10. The van der Waals surface area contributed by atoms with E-state index < -0.39 is 0 Å². The van der Waals surface area contributed by atoms with E-state index in [1.165, 1.54) is 0 Å². The van der Waals surface area contributed by atoms with Crippen molar-refractivity contribution in [3.63, 3.8) is 0 Å². The van der Waals surface area contributed by atoms with Crippen LogP contribution in [-0.2, 0) is 0 Å². The van der Waals surface area contributed by atoms with Crippen LogP contribution in [0.2, 0.25) is 0 Å². The van der Waals surface area contributed by atoms with Crippen LogP contribution in [0, 0.1) is 6.92 Å². The maximum absolute atomic E-state index is 9.61. The first-order valence-corrected chi connectivity index (χ1v) is 6.03. The molecule has 3 rings (SSSR count). The van der Waals surface area contributed by atoms with Crippen molar-refractivity contribution in [1.29, 1.82) is 0 Å². The van der Waals surface area contributed by atoms with E-state index in [4.69, 9.17) is 5.11 Å². The number of hydrogen-bond donors (Lipinski definition) is 4. The van der Waals surface area contributed by atoms with Gasteiger partial charge in [0.2, 0.25) is 0 Å². The molecule has 19 heavy (non-hydrogen) atoms. The van der Waals surface area contributed by atoms with Crippen molar-refractivity contribution in [3.8, 4) is 5.75 Å². The summed E-state index contributed by atoms with van der Waals surface area (Å²) in [5.74, 6) is 1.50. The van der Waals surface area contributed by atoms with E-state index >= 15 is 0 Å². The molecule has 0 fully saturated rings. The molecular weight excluding hydrogens is 244 g/mol. The Balaban J connectivity index is 2.33. The molecule has 0 aliphatic carbocycles. The predicted octanol–water partition coefficient (Wildman–Crippen LogP) is 1.53. The predicted molar refractivity (Wildman–Crippen MR) is 73.4 cm³/mol. The van der Waals surface area contributed by atoms with Crippen molar-refractivity contribution in [2.75, 3.05) is 18.5 Å².